The average molecular weight is 608 g/mol. The smallest absolute Gasteiger partial charge is 0.274 e. The van der Waals surface area contributed by atoms with Crippen LogP contribution in [0.3, 0.4) is 0 Å². The molecule has 2 amide bonds. The summed E-state index contributed by atoms with van der Waals surface area (Å²) >= 11 is 1.55. The third-order valence-electron chi connectivity index (χ3n) is 8.03. The fourth-order valence-corrected chi connectivity index (χ4v) is 6.33. The van der Waals surface area contributed by atoms with Crippen LogP contribution in [0.4, 0.5) is 5.69 Å². The lowest BCUT2D eigenvalue weighted by molar-refractivity contribution is -0.118. The molecule has 1 N–H and O–H groups in total. The first-order chi connectivity index (χ1) is 21.4. The number of rotatable bonds is 12. The van der Waals surface area contributed by atoms with Crippen LogP contribution in [0.15, 0.2) is 108 Å². The summed E-state index contributed by atoms with van der Waals surface area (Å²) in [6.45, 7) is 3.02. The third kappa shape index (κ3) is 9.05. The molecule has 4 aromatic rings. The van der Waals surface area contributed by atoms with Crippen LogP contribution in [-0.4, -0.2) is 29.7 Å². The maximum absolute atomic E-state index is 13.8. The van der Waals surface area contributed by atoms with Crippen molar-refractivity contribution in [3.63, 3.8) is 0 Å². The summed E-state index contributed by atoms with van der Waals surface area (Å²) in [5.74, 6) is 0.281. The monoisotopic (exact) mass is 607 g/mol. The highest BCUT2D eigenvalue weighted by Crippen LogP contribution is 2.33. The van der Waals surface area contributed by atoms with Crippen LogP contribution in [0, 0.1) is 6.92 Å². The normalized spacial score (nSPS) is 13.5. The van der Waals surface area contributed by atoms with Crippen molar-refractivity contribution in [3.8, 4) is 0 Å². The molecule has 7 heteroatoms. The molecular weight excluding hydrogens is 566 g/mol. The molecule has 228 valence electrons. The Bertz CT molecular complexity index is 1490. The minimum Gasteiger partial charge on any atom is -0.307 e. The predicted molar refractivity (Wildman–Crippen MR) is 178 cm³/mol. The Morgan fingerprint density at radius 1 is 0.818 bits per heavy atom. The molecule has 1 aliphatic rings. The van der Waals surface area contributed by atoms with Gasteiger partial charge in [0.25, 0.3) is 5.91 Å². The van der Waals surface area contributed by atoms with Gasteiger partial charge < -0.3 is 4.90 Å². The molecule has 0 bridgehead atoms. The summed E-state index contributed by atoms with van der Waals surface area (Å²) in [5, 5.41) is 0. The highest BCUT2D eigenvalue weighted by molar-refractivity contribution is 7.97. The van der Waals surface area contributed by atoms with Gasteiger partial charge in [-0.2, -0.15) is 0 Å². The first kappa shape index (κ1) is 31.5. The van der Waals surface area contributed by atoms with Gasteiger partial charge in [-0.25, -0.2) is 9.79 Å². The lowest BCUT2D eigenvalue weighted by Crippen LogP contribution is -2.37. The number of hydroxylamine groups is 1. The molecule has 0 aromatic heterocycles. The zero-order valence-electron chi connectivity index (χ0n) is 25.6. The Balaban J connectivity index is 1.27. The van der Waals surface area contributed by atoms with Crippen LogP contribution in [0.2, 0.25) is 0 Å². The van der Waals surface area contributed by atoms with E-state index in [1.54, 1.807) is 29.0 Å². The van der Waals surface area contributed by atoms with Crippen LogP contribution in [0.1, 0.15) is 70.6 Å². The predicted octanol–water partition coefficient (Wildman–Crippen LogP) is 8.08. The number of amides is 2. The van der Waals surface area contributed by atoms with E-state index in [9.17, 15) is 9.59 Å². The number of carbonyl (C=O) groups excluding carboxylic acids is 2. The minimum atomic E-state index is -0.335. The van der Waals surface area contributed by atoms with Gasteiger partial charge in [-0.3, -0.25) is 14.4 Å². The highest BCUT2D eigenvalue weighted by atomic mass is 32.2. The fraction of sp³-hybridized carbons (Fsp3) is 0.297. The SMILES string of the molecule is Cc1ccc(SN(C)CC(=O)N(Cc2ccc(C3CCCCC3)cc2)c2ccc(C(=O)NOCc3ccccc3)cc2)cc1. The zero-order chi connectivity index (χ0) is 30.7. The van der Waals surface area contributed by atoms with Gasteiger partial charge in [0.15, 0.2) is 0 Å². The molecule has 6 nitrogen and oxygen atoms in total. The summed E-state index contributed by atoms with van der Waals surface area (Å²) < 4.78 is 1.96. The number of nitrogens with one attached hydrogen (secondary N) is 1. The van der Waals surface area contributed by atoms with Crippen molar-refractivity contribution in [1.29, 1.82) is 0 Å². The molecule has 1 saturated carbocycles. The highest BCUT2D eigenvalue weighted by Gasteiger charge is 2.20. The second kappa shape index (κ2) is 15.7. The van der Waals surface area contributed by atoms with E-state index in [0.717, 1.165) is 21.7 Å². The van der Waals surface area contributed by atoms with Gasteiger partial charge in [-0.05, 0) is 97.8 Å². The number of likely N-dealkylation sites (N-methyl/N-ethyl adjacent to an activating group) is 1. The van der Waals surface area contributed by atoms with E-state index in [4.69, 9.17) is 4.84 Å². The first-order valence-corrected chi connectivity index (χ1v) is 16.1. The lowest BCUT2D eigenvalue weighted by Gasteiger charge is -2.26. The van der Waals surface area contributed by atoms with Crippen molar-refractivity contribution < 1.29 is 14.4 Å². The van der Waals surface area contributed by atoms with Crippen molar-refractivity contribution >= 4 is 29.4 Å². The van der Waals surface area contributed by atoms with E-state index in [2.05, 4.69) is 60.9 Å². The quantitative estimate of drug-likeness (QED) is 0.130. The van der Waals surface area contributed by atoms with Gasteiger partial charge in [0, 0.05) is 16.1 Å². The number of nitrogens with zero attached hydrogens (tertiary/aromatic N) is 2. The Hall–Kier alpha value is -3.91. The Kier molecular flexibility index (Phi) is 11.2. The van der Waals surface area contributed by atoms with Crippen LogP contribution < -0.4 is 10.4 Å². The largest absolute Gasteiger partial charge is 0.307 e. The molecule has 0 heterocycles. The van der Waals surface area contributed by atoms with Gasteiger partial charge in [0.1, 0.15) is 0 Å². The van der Waals surface area contributed by atoms with Gasteiger partial charge in [-0.1, -0.05) is 91.6 Å². The molecule has 0 atom stereocenters. The maximum atomic E-state index is 13.8. The molecule has 1 fully saturated rings. The van der Waals surface area contributed by atoms with Crippen molar-refractivity contribution in [3.05, 3.63) is 131 Å². The lowest BCUT2D eigenvalue weighted by atomic mass is 9.84. The van der Waals surface area contributed by atoms with Crippen molar-refractivity contribution in [1.82, 2.24) is 9.79 Å². The number of carbonyl (C=O) groups is 2. The van der Waals surface area contributed by atoms with E-state index in [1.807, 2.05) is 53.8 Å². The van der Waals surface area contributed by atoms with Gasteiger partial charge in [0.05, 0.1) is 19.7 Å². The van der Waals surface area contributed by atoms with Crippen LogP contribution in [-0.2, 0) is 22.8 Å². The molecule has 0 unspecified atom stereocenters. The molecule has 4 aromatic carbocycles. The first-order valence-electron chi connectivity index (χ1n) is 15.4. The number of aryl methyl sites for hydroxylation is 1. The summed E-state index contributed by atoms with van der Waals surface area (Å²) in [4.78, 5) is 34.8. The average Bonchev–Trinajstić information content (AvgIpc) is 3.06. The van der Waals surface area contributed by atoms with Crippen molar-refractivity contribution in [2.24, 2.45) is 0 Å². The van der Waals surface area contributed by atoms with E-state index in [1.165, 1.54) is 43.2 Å². The maximum Gasteiger partial charge on any atom is 0.274 e. The summed E-state index contributed by atoms with van der Waals surface area (Å²) in [7, 11) is 1.93. The molecule has 44 heavy (non-hydrogen) atoms. The van der Waals surface area contributed by atoms with Crippen LogP contribution in [0.5, 0.6) is 0 Å². The van der Waals surface area contributed by atoms with Crippen molar-refractivity contribution in [2.75, 3.05) is 18.5 Å². The summed E-state index contributed by atoms with van der Waals surface area (Å²) in [6.07, 6.45) is 6.45. The van der Waals surface area contributed by atoms with E-state index >= 15 is 0 Å². The summed E-state index contributed by atoms with van der Waals surface area (Å²) in [5.41, 5.74) is 8.34. The Morgan fingerprint density at radius 3 is 2.18 bits per heavy atom. The van der Waals surface area contributed by atoms with Crippen LogP contribution >= 0.6 is 11.9 Å². The van der Waals surface area contributed by atoms with E-state index in [-0.39, 0.29) is 25.0 Å². The Morgan fingerprint density at radius 2 is 1.50 bits per heavy atom. The fourth-order valence-electron chi connectivity index (χ4n) is 5.54. The molecule has 0 saturated heterocycles. The number of anilines is 1. The number of hydrogen-bond acceptors (Lipinski definition) is 5. The standard InChI is InChI=1S/C37H41N3O3S/c1-28-13-23-35(24-14-28)44-39(2)26-36(41)40(25-29-15-17-32(18-16-29)31-11-7-4-8-12-31)34-21-19-33(20-22-34)37(42)38-43-27-30-9-5-3-6-10-30/h3,5-6,9-10,13-24,31H,4,7-8,11-12,25-27H2,1-2H3,(H,38,42). The number of hydrogen-bond donors (Lipinski definition) is 1. The van der Waals surface area contributed by atoms with Gasteiger partial charge >= 0.3 is 0 Å². The molecule has 0 aliphatic heterocycles. The molecular formula is C37H41N3O3S. The second-order valence-corrected chi connectivity index (χ2v) is 12.8. The molecule has 0 spiro atoms. The molecule has 0 radical (unpaired) electrons. The summed E-state index contributed by atoms with van der Waals surface area (Å²) in [6, 6.07) is 33.8. The van der Waals surface area contributed by atoms with Crippen LogP contribution in [0.25, 0.3) is 0 Å². The molecule has 1 aliphatic carbocycles. The second-order valence-electron chi connectivity index (χ2n) is 11.5. The van der Waals surface area contributed by atoms with Gasteiger partial charge in [-0.15, -0.1) is 0 Å². The number of benzene rings is 4. The van der Waals surface area contributed by atoms with Crippen molar-refractivity contribution in [2.45, 2.75) is 63.0 Å². The third-order valence-corrected chi connectivity index (χ3v) is 8.95. The van der Waals surface area contributed by atoms with E-state index < -0.39 is 0 Å². The van der Waals surface area contributed by atoms with Gasteiger partial charge in [0.2, 0.25) is 5.91 Å². The zero-order valence-corrected chi connectivity index (χ0v) is 26.4. The minimum absolute atomic E-state index is 0.0214. The Labute approximate surface area is 265 Å². The topological polar surface area (TPSA) is 61.9 Å². The molecule has 5 rings (SSSR count). The van der Waals surface area contributed by atoms with E-state index in [0.29, 0.717) is 18.0 Å².